The van der Waals surface area contributed by atoms with Gasteiger partial charge in [0, 0.05) is 36.2 Å². The second-order valence-electron chi connectivity index (χ2n) is 28.2. The van der Waals surface area contributed by atoms with Gasteiger partial charge in [-0.25, -0.2) is 50.7 Å². The number of esters is 3. The van der Waals surface area contributed by atoms with Gasteiger partial charge in [-0.05, 0) is 246 Å². The van der Waals surface area contributed by atoms with Crippen LogP contribution in [0.4, 0.5) is 26.3 Å². The van der Waals surface area contributed by atoms with Gasteiger partial charge in [-0.2, -0.15) is 9.97 Å². The first kappa shape index (κ1) is 94.4. The number of aryl methyl sites for hydroxylation is 6. The van der Waals surface area contributed by atoms with Crippen LogP contribution in [0, 0.1) is 70.6 Å². The Morgan fingerprint density at radius 3 is 1.05 bits per heavy atom. The molecule has 6 N–H and O–H groups in total. The first-order valence-corrected chi connectivity index (χ1v) is 36.0. The number of benzene rings is 8. The van der Waals surface area contributed by atoms with Crippen molar-refractivity contribution in [3.05, 3.63) is 256 Å². The lowest BCUT2D eigenvalue weighted by Gasteiger charge is -2.19. The number of carboxylic acids is 3. The Hall–Kier alpha value is -12.4. The van der Waals surface area contributed by atoms with Crippen molar-refractivity contribution in [1.29, 1.82) is 0 Å². The quantitative estimate of drug-likeness (QED) is 0.0153. The number of fused-ring (bicyclic) bond motifs is 3. The Morgan fingerprint density at radius 2 is 0.746 bits per heavy atom. The number of aromatic carboxylic acids is 3. The van der Waals surface area contributed by atoms with Gasteiger partial charge in [0.1, 0.15) is 62.6 Å². The monoisotopic (exact) mass is 1780 g/mol. The molecular formula is C85H83Br2ClF6N6O18. The van der Waals surface area contributed by atoms with Crippen molar-refractivity contribution in [3.63, 3.8) is 0 Å². The first-order valence-electron chi connectivity index (χ1n) is 35.1. The number of aromatic nitrogens is 4. The maximum Gasteiger partial charge on any atom is 0.341 e. The molecule has 118 heavy (non-hydrogen) atoms. The smallest absolute Gasteiger partial charge is 0.341 e. The topological polar surface area (TPSA) is 367 Å². The van der Waals surface area contributed by atoms with E-state index < -0.39 is 94.4 Å². The molecule has 0 unspecified atom stereocenters. The van der Waals surface area contributed by atoms with E-state index in [0.717, 1.165) is 103 Å². The zero-order chi connectivity index (χ0) is 87.0. The zero-order valence-corrected chi connectivity index (χ0v) is 69.3. The van der Waals surface area contributed by atoms with Crippen molar-refractivity contribution in [2.45, 2.75) is 128 Å². The number of amidine groups is 1. The minimum absolute atomic E-state index is 0. The fourth-order valence-electron chi connectivity index (χ4n) is 10.2. The number of oxime groups is 1. The molecule has 0 bridgehead atoms. The van der Waals surface area contributed by atoms with E-state index in [-0.39, 0.29) is 82.5 Å². The lowest BCUT2D eigenvalue weighted by atomic mass is 10.1. The fourth-order valence-corrected chi connectivity index (χ4v) is 10.9. The summed E-state index contributed by atoms with van der Waals surface area (Å²) in [5.74, 6) is -7.88. The van der Waals surface area contributed by atoms with Gasteiger partial charge in [0.15, 0.2) is 17.3 Å². The standard InChI is InChI=1S/C23H21FN2O4.C19H13FN2O4.C12H13FO4.C11H12BrFO2.C11H12N2O2.C7H4BrFO2.CH3F.CH4.ClH/c1-12-6-7-13(2)19-16(12)11-18(28-19)20-25-21(30-26-20)14-8-9-15(17(24)10-14)22(27)29-23(3,4)5;1-9-3-4-10(2)16-13(9)8-15(25-16)17-21-18(26-22-17)11-5-6-12(19(23)24)14(20)7-11;1-12(2,3)17-11(16)8-5-4-7(10(14)15)6-9(8)13;1-11(2,3)15-10(14)8-5-4-7(12)6-9(8)13;1-6-3-4-7(2)10-8(6)5-9(15-10)11(12)13-14;8-4-1-2-5(7(10)11)6(9)3-4;1-2;;/h6-11H,1-5H3;3-8H,1-2H3,(H,23,24);4-6H,1-3H3,(H,14,15);4-6H,1-3H3;3-5,14H,1-2H3,(H2,12,13);1-3H,(H,10,11);1H3;1H4;1H/i;;;;;;1D;;. The van der Waals surface area contributed by atoms with Crippen LogP contribution in [0.3, 0.4) is 0 Å². The first-order chi connectivity index (χ1) is 54.7. The van der Waals surface area contributed by atoms with Gasteiger partial charge in [0.2, 0.25) is 17.5 Å². The molecule has 0 amide bonds. The predicted molar refractivity (Wildman–Crippen MR) is 439 cm³/mol. The van der Waals surface area contributed by atoms with Crippen LogP contribution in [0.25, 0.3) is 79.0 Å². The number of hydrogen-bond acceptors (Lipinski definition) is 20. The Balaban J connectivity index is 0.000000260. The summed E-state index contributed by atoms with van der Waals surface area (Å²) >= 11 is 6.13. The van der Waals surface area contributed by atoms with Gasteiger partial charge in [0.05, 0.1) is 41.9 Å². The summed E-state index contributed by atoms with van der Waals surface area (Å²) in [6, 6.07) is 36.2. The average molecular weight is 1790 g/mol. The van der Waals surface area contributed by atoms with Crippen LogP contribution in [0.1, 0.15) is 172 Å². The molecule has 5 aromatic heterocycles. The molecule has 0 fully saturated rings. The summed E-state index contributed by atoms with van der Waals surface area (Å²) in [5, 5.41) is 48.2. The second kappa shape index (κ2) is 40.9. The largest absolute Gasteiger partial charge is 0.478 e. The molecule has 0 spiro atoms. The minimum Gasteiger partial charge on any atom is -0.478 e. The van der Waals surface area contributed by atoms with Gasteiger partial charge in [0.25, 0.3) is 11.8 Å². The Bertz CT molecular complexity index is 5770. The van der Waals surface area contributed by atoms with E-state index in [0.29, 0.717) is 31.8 Å². The van der Waals surface area contributed by atoms with E-state index in [1.165, 1.54) is 48.5 Å². The highest BCUT2D eigenvalue weighted by molar-refractivity contribution is 9.10. The summed E-state index contributed by atoms with van der Waals surface area (Å²) < 4.78 is 127. The van der Waals surface area contributed by atoms with E-state index in [2.05, 4.69) is 57.3 Å². The third kappa shape index (κ3) is 25.5. The number of nitrogens with zero attached hydrogens (tertiary/aromatic N) is 5. The Morgan fingerprint density at radius 1 is 0.441 bits per heavy atom. The van der Waals surface area contributed by atoms with Crippen molar-refractivity contribution in [3.8, 4) is 46.1 Å². The minimum atomic E-state index is -1.34. The van der Waals surface area contributed by atoms with Crippen LogP contribution >= 0.6 is 44.3 Å². The van der Waals surface area contributed by atoms with Crippen molar-refractivity contribution < 1.29 is 114 Å². The molecule has 33 heteroatoms. The molecule has 13 rings (SSSR count). The third-order valence-corrected chi connectivity index (χ3v) is 16.8. The summed E-state index contributed by atoms with van der Waals surface area (Å²) in [4.78, 5) is 75.5. The van der Waals surface area contributed by atoms with Crippen molar-refractivity contribution >= 4 is 119 Å². The van der Waals surface area contributed by atoms with Crippen LogP contribution in [0.15, 0.2) is 182 Å². The predicted octanol–water partition coefficient (Wildman–Crippen LogP) is 22.6. The number of carbonyl (C=O) groups excluding carboxylic acids is 3. The number of halogens is 9. The van der Waals surface area contributed by atoms with Crippen LogP contribution in [0.2, 0.25) is 0 Å². The number of furan rings is 3. The molecule has 0 saturated carbocycles. The molecule has 0 atom stereocenters. The lowest BCUT2D eigenvalue weighted by molar-refractivity contribution is 0.00517. The normalized spacial score (nSPS) is 11.1. The highest BCUT2D eigenvalue weighted by atomic mass is 79.9. The summed E-state index contributed by atoms with van der Waals surface area (Å²) in [6.07, 6.45) is 0. The van der Waals surface area contributed by atoms with E-state index in [1.54, 1.807) is 74.4 Å². The van der Waals surface area contributed by atoms with Crippen molar-refractivity contribution in [2.24, 2.45) is 10.9 Å². The van der Waals surface area contributed by atoms with Crippen LogP contribution < -0.4 is 5.73 Å². The van der Waals surface area contributed by atoms with E-state index >= 15 is 0 Å². The molecule has 24 nitrogen and oxygen atoms in total. The second-order valence-corrected chi connectivity index (χ2v) is 30.1. The van der Waals surface area contributed by atoms with Gasteiger partial charge < -0.3 is 62.8 Å². The highest BCUT2D eigenvalue weighted by Crippen LogP contribution is 2.35. The molecule has 0 radical (unpaired) electrons. The molecule has 0 saturated heterocycles. The highest BCUT2D eigenvalue weighted by Gasteiger charge is 2.27. The van der Waals surface area contributed by atoms with Crippen molar-refractivity contribution in [2.75, 3.05) is 7.15 Å². The van der Waals surface area contributed by atoms with Gasteiger partial charge in [-0.15, -0.1) is 12.4 Å². The van der Waals surface area contributed by atoms with Crippen LogP contribution in [-0.2, 0) is 14.2 Å². The number of ether oxygens (including phenoxy) is 3. The average Bonchev–Trinajstić information content (AvgIpc) is 1.64. The third-order valence-electron chi connectivity index (χ3n) is 15.8. The maximum atomic E-state index is 14.5. The Kier molecular flexibility index (Phi) is 32.8. The number of nitrogens with two attached hydrogens (primary N) is 1. The molecule has 8 aromatic carbocycles. The molecule has 0 aliphatic rings. The number of alkyl halides is 1. The van der Waals surface area contributed by atoms with Crippen molar-refractivity contribution in [1.82, 2.24) is 20.3 Å². The van der Waals surface area contributed by atoms with Gasteiger partial charge in [-0.1, -0.05) is 91.2 Å². The molecular weight excluding hydrogens is 1700 g/mol. The summed E-state index contributed by atoms with van der Waals surface area (Å²) in [7, 11) is -1.00. The van der Waals surface area contributed by atoms with Crippen LogP contribution in [0.5, 0.6) is 0 Å². The molecule has 624 valence electrons. The lowest BCUT2D eigenvalue weighted by Crippen LogP contribution is -2.24. The Labute approximate surface area is 697 Å². The number of carbonyl (C=O) groups is 6. The maximum absolute atomic E-state index is 14.5. The summed E-state index contributed by atoms with van der Waals surface area (Å²) in [6.45, 7) is 27.2. The van der Waals surface area contributed by atoms with E-state index in [9.17, 15) is 55.1 Å². The molecule has 0 aliphatic carbocycles. The van der Waals surface area contributed by atoms with Gasteiger partial charge in [-0.3, -0.25) is 4.39 Å². The number of carboxylic acid groups (broad SMARTS) is 3. The number of rotatable bonds is 11. The van der Waals surface area contributed by atoms with E-state index in [4.69, 9.17) is 64.1 Å². The molecule has 5 heterocycles. The fraction of sp³-hybridized carbons (Fsp3) is 0.235. The zero-order valence-electron chi connectivity index (χ0n) is 66.3. The molecule has 13 aromatic rings. The van der Waals surface area contributed by atoms with Gasteiger partial charge >= 0.3 is 35.8 Å². The SMILES string of the molecule is C.CC(C)(C)OC(=O)c1ccc(Br)cc1F.CC(C)(C)OC(=O)c1ccc(C(=O)O)cc1F.Cc1ccc(C)c2oc(-c3noc(-c4ccc(C(=O)O)c(F)c4)n3)cc12.Cc1ccc(C)c2oc(-c3noc(-c4ccc(C(=O)OC(C)(C)C)c(F)c4)n3)cc12.Cc1ccc(C)c2oc(/C(N)=N\O)cc12.Cl.O=C(O)c1ccc(Br)cc1F.[2H]CF. The number of hydrogen-bond donors (Lipinski definition) is 5. The van der Waals surface area contributed by atoms with Crippen LogP contribution in [-0.4, -0.2) is 106 Å². The molecule has 0 aliphatic heterocycles. The summed E-state index contributed by atoms with van der Waals surface area (Å²) in [5.41, 5.74) is 11.2. The van der Waals surface area contributed by atoms with E-state index in [1.807, 2.05) is 90.1 Å².